The van der Waals surface area contributed by atoms with Crippen molar-refractivity contribution in [2.45, 2.75) is 26.1 Å². The number of carbonyl (C=O) groups is 2. The van der Waals surface area contributed by atoms with Crippen LogP contribution in [0.25, 0.3) is 10.2 Å². The first-order chi connectivity index (χ1) is 13.0. The number of aryl methyl sites for hydroxylation is 1. The minimum Gasteiger partial charge on any atom is -0.481 e. The Morgan fingerprint density at radius 2 is 1.96 bits per heavy atom. The SMILES string of the molecule is C=CCC1(C(=O)O)CN(Cc2ccc3nc(C)sc3c2)C1.O=C(O)C(F)(F)F. The number of aliphatic carboxylic acids is 2. The summed E-state index contributed by atoms with van der Waals surface area (Å²) in [7, 11) is 0. The van der Waals surface area contributed by atoms with E-state index in [1.165, 1.54) is 10.3 Å². The highest BCUT2D eigenvalue weighted by atomic mass is 32.1. The van der Waals surface area contributed by atoms with Crippen LogP contribution in [0.3, 0.4) is 0 Å². The number of carboxylic acid groups (broad SMARTS) is 2. The van der Waals surface area contributed by atoms with E-state index in [1.807, 2.05) is 13.0 Å². The molecular weight excluding hydrogens is 397 g/mol. The fourth-order valence-electron chi connectivity index (χ4n) is 2.99. The Kier molecular flexibility index (Phi) is 6.45. The van der Waals surface area contributed by atoms with Crippen molar-refractivity contribution in [2.75, 3.05) is 13.1 Å². The van der Waals surface area contributed by atoms with Gasteiger partial charge in [0.1, 0.15) is 0 Å². The van der Waals surface area contributed by atoms with E-state index in [1.54, 1.807) is 17.4 Å². The van der Waals surface area contributed by atoms with Crippen LogP contribution in [0.1, 0.15) is 17.0 Å². The van der Waals surface area contributed by atoms with E-state index in [9.17, 15) is 23.1 Å². The second-order valence-electron chi connectivity index (χ2n) is 6.56. The molecule has 1 saturated heterocycles. The van der Waals surface area contributed by atoms with Gasteiger partial charge >= 0.3 is 18.1 Å². The van der Waals surface area contributed by atoms with Gasteiger partial charge in [0.15, 0.2) is 0 Å². The zero-order valence-electron chi connectivity index (χ0n) is 15.0. The smallest absolute Gasteiger partial charge is 0.481 e. The average molecular weight is 416 g/mol. The van der Waals surface area contributed by atoms with Crippen LogP contribution in [0.2, 0.25) is 0 Å². The van der Waals surface area contributed by atoms with Crippen molar-refractivity contribution in [3.05, 3.63) is 41.4 Å². The lowest BCUT2D eigenvalue weighted by Crippen LogP contribution is -2.59. The Bertz CT molecular complexity index is 889. The number of allylic oxidation sites excluding steroid dienone is 1. The van der Waals surface area contributed by atoms with Crippen LogP contribution >= 0.6 is 11.3 Å². The van der Waals surface area contributed by atoms with Crippen molar-refractivity contribution in [3.8, 4) is 0 Å². The number of fused-ring (bicyclic) bond motifs is 1. The molecular formula is C18H19F3N2O4S. The Balaban J connectivity index is 0.000000345. The largest absolute Gasteiger partial charge is 0.490 e. The highest BCUT2D eigenvalue weighted by Gasteiger charge is 2.48. The van der Waals surface area contributed by atoms with Crippen LogP contribution in [0.4, 0.5) is 13.2 Å². The highest BCUT2D eigenvalue weighted by molar-refractivity contribution is 7.18. The number of hydrogen-bond donors (Lipinski definition) is 2. The third-order valence-corrected chi connectivity index (χ3v) is 5.18. The Hall–Kier alpha value is -2.46. The molecule has 2 N–H and O–H groups in total. The first-order valence-corrected chi connectivity index (χ1v) is 9.01. The van der Waals surface area contributed by atoms with Crippen LogP contribution in [0.15, 0.2) is 30.9 Å². The molecule has 0 atom stereocenters. The van der Waals surface area contributed by atoms with Crippen LogP contribution < -0.4 is 0 Å². The Morgan fingerprint density at radius 3 is 2.46 bits per heavy atom. The van der Waals surface area contributed by atoms with E-state index in [0.717, 1.165) is 17.1 Å². The Morgan fingerprint density at radius 1 is 1.36 bits per heavy atom. The standard InChI is InChI=1S/C16H18N2O2S.C2HF3O2/c1-3-6-16(15(19)20)9-18(10-16)8-12-4-5-13-14(7-12)21-11(2)17-13;3-2(4,5)1(6)7/h3-5,7H,1,6,8-10H2,2H3,(H,19,20);(H,6,7). The average Bonchev–Trinajstić information content (AvgIpc) is 2.91. The van der Waals surface area contributed by atoms with Gasteiger partial charge in [0.2, 0.25) is 0 Å². The lowest BCUT2D eigenvalue weighted by atomic mass is 9.76. The molecule has 0 radical (unpaired) electrons. The minimum atomic E-state index is -5.08. The van der Waals surface area contributed by atoms with Gasteiger partial charge in [-0.05, 0) is 31.0 Å². The predicted molar refractivity (Wildman–Crippen MR) is 98.2 cm³/mol. The molecule has 10 heteroatoms. The summed E-state index contributed by atoms with van der Waals surface area (Å²) in [6.45, 7) is 7.65. The van der Waals surface area contributed by atoms with Crippen molar-refractivity contribution in [3.63, 3.8) is 0 Å². The van der Waals surface area contributed by atoms with E-state index < -0.39 is 23.5 Å². The normalized spacial score (nSPS) is 16.0. The third kappa shape index (κ3) is 5.08. The van der Waals surface area contributed by atoms with E-state index in [0.29, 0.717) is 19.5 Å². The van der Waals surface area contributed by atoms with Crippen LogP contribution in [-0.4, -0.2) is 51.3 Å². The van der Waals surface area contributed by atoms with Gasteiger partial charge in [0.05, 0.1) is 20.6 Å². The summed E-state index contributed by atoms with van der Waals surface area (Å²) in [6, 6.07) is 6.28. The predicted octanol–water partition coefficient (Wildman–Crippen LogP) is 3.70. The molecule has 1 aromatic carbocycles. The summed E-state index contributed by atoms with van der Waals surface area (Å²) in [6.07, 6.45) is -2.84. The van der Waals surface area contributed by atoms with Crippen molar-refractivity contribution in [1.29, 1.82) is 0 Å². The fourth-order valence-corrected chi connectivity index (χ4v) is 3.88. The maximum absolute atomic E-state index is 11.4. The molecule has 152 valence electrons. The quantitative estimate of drug-likeness (QED) is 0.723. The number of hydrogen-bond acceptors (Lipinski definition) is 5. The molecule has 2 aromatic rings. The zero-order chi connectivity index (χ0) is 21.1. The third-order valence-electron chi connectivity index (χ3n) is 4.25. The lowest BCUT2D eigenvalue weighted by molar-refractivity contribution is -0.192. The number of likely N-dealkylation sites (tertiary alicyclic amines) is 1. The monoisotopic (exact) mass is 416 g/mol. The van der Waals surface area contributed by atoms with Gasteiger partial charge in [-0.2, -0.15) is 13.2 Å². The number of carboxylic acids is 2. The van der Waals surface area contributed by atoms with Crippen molar-refractivity contribution >= 4 is 33.5 Å². The highest BCUT2D eigenvalue weighted by Crippen LogP contribution is 2.36. The molecule has 0 unspecified atom stereocenters. The minimum absolute atomic E-state index is 0.534. The number of aromatic nitrogens is 1. The molecule has 0 saturated carbocycles. The zero-order valence-corrected chi connectivity index (χ0v) is 15.8. The summed E-state index contributed by atoms with van der Waals surface area (Å²) in [5, 5.41) is 17.6. The molecule has 0 aliphatic carbocycles. The maximum Gasteiger partial charge on any atom is 0.490 e. The van der Waals surface area contributed by atoms with Gasteiger partial charge in [0.25, 0.3) is 0 Å². The van der Waals surface area contributed by atoms with E-state index in [4.69, 9.17) is 9.90 Å². The van der Waals surface area contributed by atoms with E-state index in [2.05, 4.69) is 28.6 Å². The summed E-state index contributed by atoms with van der Waals surface area (Å²) in [4.78, 5) is 26.9. The summed E-state index contributed by atoms with van der Waals surface area (Å²) < 4.78 is 32.9. The van der Waals surface area contributed by atoms with Gasteiger partial charge in [-0.1, -0.05) is 12.1 Å². The van der Waals surface area contributed by atoms with Crippen LogP contribution in [0.5, 0.6) is 0 Å². The number of rotatable bonds is 5. The van der Waals surface area contributed by atoms with Gasteiger partial charge in [-0.3, -0.25) is 9.69 Å². The second-order valence-corrected chi connectivity index (χ2v) is 7.80. The number of benzene rings is 1. The molecule has 1 fully saturated rings. The van der Waals surface area contributed by atoms with Crippen LogP contribution in [0, 0.1) is 12.3 Å². The first-order valence-electron chi connectivity index (χ1n) is 8.20. The van der Waals surface area contributed by atoms with Gasteiger partial charge < -0.3 is 10.2 Å². The fraction of sp³-hybridized carbons (Fsp3) is 0.389. The molecule has 1 aliphatic heterocycles. The first kappa shape index (κ1) is 21.8. The maximum atomic E-state index is 11.4. The summed E-state index contributed by atoms with van der Waals surface area (Å²) >= 11 is 1.69. The molecule has 6 nitrogen and oxygen atoms in total. The molecule has 0 spiro atoms. The van der Waals surface area contributed by atoms with Crippen molar-refractivity contribution < 1.29 is 33.0 Å². The molecule has 0 bridgehead atoms. The van der Waals surface area contributed by atoms with Crippen molar-refractivity contribution in [1.82, 2.24) is 9.88 Å². The van der Waals surface area contributed by atoms with Gasteiger partial charge in [-0.15, -0.1) is 17.9 Å². The van der Waals surface area contributed by atoms with Crippen molar-refractivity contribution in [2.24, 2.45) is 5.41 Å². The molecule has 3 rings (SSSR count). The topological polar surface area (TPSA) is 90.7 Å². The summed E-state index contributed by atoms with van der Waals surface area (Å²) in [5.41, 5.74) is 1.62. The van der Waals surface area contributed by atoms with E-state index in [-0.39, 0.29) is 0 Å². The second kappa shape index (κ2) is 8.27. The van der Waals surface area contributed by atoms with Crippen LogP contribution in [-0.2, 0) is 16.1 Å². The number of nitrogens with zero attached hydrogens (tertiary/aromatic N) is 2. The van der Waals surface area contributed by atoms with Gasteiger partial charge in [-0.25, -0.2) is 9.78 Å². The molecule has 1 aliphatic rings. The van der Waals surface area contributed by atoms with Gasteiger partial charge in [0, 0.05) is 19.6 Å². The lowest BCUT2D eigenvalue weighted by Gasteiger charge is -2.47. The molecule has 1 aromatic heterocycles. The summed E-state index contributed by atoms with van der Waals surface area (Å²) in [5.74, 6) is -3.47. The molecule has 28 heavy (non-hydrogen) atoms. The Labute approximate surface area is 162 Å². The van der Waals surface area contributed by atoms with E-state index >= 15 is 0 Å². The molecule has 0 amide bonds. The number of thiazole rings is 1. The number of alkyl halides is 3. The number of halogens is 3. The molecule has 2 heterocycles.